The Morgan fingerprint density at radius 2 is 1.82 bits per heavy atom. The molecular formula is C7H17ClN2O. The normalized spacial score (nSPS) is 10.7. The fourth-order valence-corrected chi connectivity index (χ4v) is 0.448. The summed E-state index contributed by atoms with van der Waals surface area (Å²) in [6, 6.07) is 0.162. The van der Waals surface area contributed by atoms with Gasteiger partial charge in [-0.15, -0.1) is 12.4 Å². The predicted octanol–water partition coefficient (Wildman–Crippen LogP) is 0.670. The Kier molecular flexibility index (Phi) is 5.53. The van der Waals surface area contributed by atoms with Crippen molar-refractivity contribution in [2.24, 2.45) is 5.73 Å². The molecule has 0 rings (SSSR count). The lowest BCUT2D eigenvalue weighted by Crippen LogP contribution is -2.50. The van der Waals surface area contributed by atoms with E-state index in [2.05, 4.69) is 5.32 Å². The first-order chi connectivity index (χ1) is 4.34. The van der Waals surface area contributed by atoms with Crippen LogP contribution in [0.1, 0.15) is 27.7 Å². The molecule has 0 aliphatic heterocycles. The summed E-state index contributed by atoms with van der Waals surface area (Å²) in [6.45, 7) is 7.18. The van der Waals surface area contributed by atoms with E-state index < -0.39 is 5.54 Å². The van der Waals surface area contributed by atoms with E-state index in [1.807, 2.05) is 13.8 Å². The number of halogens is 1. The highest BCUT2D eigenvalue weighted by Gasteiger charge is 2.21. The van der Waals surface area contributed by atoms with Crippen LogP contribution >= 0.6 is 12.4 Å². The molecule has 0 radical (unpaired) electrons. The summed E-state index contributed by atoms with van der Waals surface area (Å²) in [4.78, 5) is 11.0. The number of nitrogens with two attached hydrogens (primary N) is 1. The molecule has 4 heteroatoms. The Morgan fingerprint density at radius 3 is 1.91 bits per heavy atom. The van der Waals surface area contributed by atoms with Crippen LogP contribution in [0, 0.1) is 0 Å². The summed E-state index contributed by atoms with van der Waals surface area (Å²) in [6.07, 6.45) is 0. The van der Waals surface area contributed by atoms with E-state index in [1.54, 1.807) is 13.8 Å². The lowest BCUT2D eigenvalue weighted by molar-refractivity contribution is -0.125. The molecule has 0 aromatic carbocycles. The first-order valence-corrected chi connectivity index (χ1v) is 3.44. The van der Waals surface area contributed by atoms with Crippen LogP contribution in [-0.4, -0.2) is 17.5 Å². The molecule has 3 nitrogen and oxygen atoms in total. The Hall–Kier alpha value is -0.280. The minimum atomic E-state index is -0.760. The molecule has 0 fully saturated rings. The third-order valence-corrected chi connectivity index (χ3v) is 1.00. The second-order valence-electron chi connectivity index (χ2n) is 3.35. The predicted molar refractivity (Wildman–Crippen MR) is 48.8 cm³/mol. The highest BCUT2D eigenvalue weighted by Crippen LogP contribution is 1.96. The van der Waals surface area contributed by atoms with E-state index in [1.165, 1.54) is 0 Å². The van der Waals surface area contributed by atoms with Crippen LogP contribution in [0.4, 0.5) is 0 Å². The van der Waals surface area contributed by atoms with E-state index in [-0.39, 0.29) is 24.4 Å². The van der Waals surface area contributed by atoms with Crippen LogP contribution in [0.15, 0.2) is 0 Å². The monoisotopic (exact) mass is 180 g/mol. The fourth-order valence-electron chi connectivity index (χ4n) is 0.448. The lowest BCUT2D eigenvalue weighted by Gasteiger charge is -2.19. The largest absolute Gasteiger partial charge is 0.352 e. The van der Waals surface area contributed by atoms with Gasteiger partial charge in [0.25, 0.3) is 0 Å². The lowest BCUT2D eigenvalue weighted by atomic mass is 10.1. The fraction of sp³-hybridized carbons (Fsp3) is 0.857. The SMILES string of the molecule is CC(C)NC(=O)C(C)(C)N.Cl. The average molecular weight is 181 g/mol. The molecule has 0 aliphatic rings. The van der Waals surface area contributed by atoms with Gasteiger partial charge in [-0.3, -0.25) is 4.79 Å². The zero-order chi connectivity index (χ0) is 8.36. The van der Waals surface area contributed by atoms with E-state index in [0.29, 0.717) is 0 Å². The minimum absolute atomic E-state index is 0. The Morgan fingerprint density at radius 1 is 1.45 bits per heavy atom. The van der Waals surface area contributed by atoms with Gasteiger partial charge in [-0.1, -0.05) is 0 Å². The van der Waals surface area contributed by atoms with Crippen molar-refractivity contribution in [3.63, 3.8) is 0 Å². The number of nitrogens with one attached hydrogen (secondary N) is 1. The average Bonchev–Trinajstić information content (AvgIpc) is 1.60. The zero-order valence-corrected chi connectivity index (χ0v) is 8.29. The Labute approximate surface area is 74.1 Å². The number of amides is 1. The number of rotatable bonds is 2. The summed E-state index contributed by atoms with van der Waals surface area (Å²) in [5.41, 5.74) is 4.76. The standard InChI is InChI=1S/C7H16N2O.ClH/c1-5(2)9-6(10)7(3,4)8;/h5H,8H2,1-4H3,(H,9,10);1H. The first-order valence-electron chi connectivity index (χ1n) is 3.44. The molecule has 0 heterocycles. The molecule has 0 unspecified atom stereocenters. The van der Waals surface area contributed by atoms with Gasteiger partial charge in [0.1, 0.15) is 0 Å². The maximum Gasteiger partial charge on any atom is 0.239 e. The maximum atomic E-state index is 11.0. The van der Waals surface area contributed by atoms with Gasteiger partial charge in [-0.2, -0.15) is 0 Å². The number of hydrogen-bond acceptors (Lipinski definition) is 2. The smallest absolute Gasteiger partial charge is 0.239 e. The molecule has 0 atom stereocenters. The summed E-state index contributed by atoms with van der Waals surface area (Å²) >= 11 is 0. The van der Waals surface area contributed by atoms with E-state index in [9.17, 15) is 4.79 Å². The van der Waals surface area contributed by atoms with Crippen LogP contribution in [0.5, 0.6) is 0 Å². The number of carbonyl (C=O) groups is 1. The van der Waals surface area contributed by atoms with E-state index in [4.69, 9.17) is 5.73 Å². The molecule has 1 amide bonds. The highest BCUT2D eigenvalue weighted by molar-refractivity contribution is 5.85. The van der Waals surface area contributed by atoms with Gasteiger partial charge in [0.15, 0.2) is 0 Å². The van der Waals surface area contributed by atoms with Crippen molar-refractivity contribution in [2.75, 3.05) is 0 Å². The van der Waals surface area contributed by atoms with Crippen molar-refractivity contribution >= 4 is 18.3 Å². The van der Waals surface area contributed by atoms with Gasteiger partial charge in [0.2, 0.25) is 5.91 Å². The molecule has 3 N–H and O–H groups in total. The topological polar surface area (TPSA) is 55.1 Å². The van der Waals surface area contributed by atoms with E-state index >= 15 is 0 Å². The van der Waals surface area contributed by atoms with Gasteiger partial charge in [0, 0.05) is 6.04 Å². The second-order valence-corrected chi connectivity index (χ2v) is 3.35. The molecule has 68 valence electrons. The third kappa shape index (κ3) is 6.13. The van der Waals surface area contributed by atoms with Crippen LogP contribution in [0.2, 0.25) is 0 Å². The number of hydrogen-bond donors (Lipinski definition) is 2. The number of carbonyl (C=O) groups excluding carboxylic acids is 1. The Balaban J connectivity index is 0. The van der Waals surface area contributed by atoms with Crippen LogP contribution in [-0.2, 0) is 4.79 Å². The van der Waals surface area contributed by atoms with Gasteiger partial charge in [-0.05, 0) is 27.7 Å². The third-order valence-electron chi connectivity index (χ3n) is 1.00. The molecule has 0 aromatic heterocycles. The van der Waals surface area contributed by atoms with Crippen molar-refractivity contribution in [2.45, 2.75) is 39.3 Å². The summed E-state index contributed by atoms with van der Waals surface area (Å²) in [5, 5.41) is 2.72. The highest BCUT2D eigenvalue weighted by atomic mass is 35.5. The molecule has 0 spiro atoms. The second kappa shape index (κ2) is 4.57. The van der Waals surface area contributed by atoms with Gasteiger partial charge in [-0.25, -0.2) is 0 Å². The van der Waals surface area contributed by atoms with Crippen LogP contribution in [0.3, 0.4) is 0 Å². The van der Waals surface area contributed by atoms with Crippen molar-refractivity contribution in [1.29, 1.82) is 0 Å². The summed E-state index contributed by atoms with van der Waals surface area (Å²) < 4.78 is 0. The van der Waals surface area contributed by atoms with Crippen molar-refractivity contribution in [1.82, 2.24) is 5.32 Å². The van der Waals surface area contributed by atoms with Gasteiger partial charge < -0.3 is 11.1 Å². The molecule has 0 bridgehead atoms. The van der Waals surface area contributed by atoms with Crippen molar-refractivity contribution in [3.05, 3.63) is 0 Å². The minimum Gasteiger partial charge on any atom is -0.352 e. The maximum absolute atomic E-state index is 11.0. The Bertz CT molecular complexity index is 129. The van der Waals surface area contributed by atoms with Gasteiger partial charge >= 0.3 is 0 Å². The quantitative estimate of drug-likeness (QED) is 0.657. The first kappa shape index (κ1) is 13.3. The summed E-state index contributed by atoms with van der Waals surface area (Å²) in [7, 11) is 0. The van der Waals surface area contributed by atoms with Crippen molar-refractivity contribution < 1.29 is 4.79 Å². The van der Waals surface area contributed by atoms with Crippen molar-refractivity contribution in [3.8, 4) is 0 Å². The van der Waals surface area contributed by atoms with Crippen LogP contribution in [0.25, 0.3) is 0 Å². The molecule has 0 aromatic rings. The summed E-state index contributed by atoms with van der Waals surface area (Å²) in [5.74, 6) is -0.109. The van der Waals surface area contributed by atoms with E-state index in [0.717, 1.165) is 0 Å². The molecule has 11 heavy (non-hydrogen) atoms. The van der Waals surface area contributed by atoms with Crippen LogP contribution < -0.4 is 11.1 Å². The molecule has 0 saturated heterocycles. The molecule has 0 aliphatic carbocycles. The van der Waals surface area contributed by atoms with Gasteiger partial charge in [0.05, 0.1) is 5.54 Å². The molecular weight excluding hydrogens is 164 g/mol. The molecule has 0 saturated carbocycles. The zero-order valence-electron chi connectivity index (χ0n) is 7.47.